The van der Waals surface area contributed by atoms with Gasteiger partial charge in [-0.05, 0) is 55.7 Å². The van der Waals surface area contributed by atoms with Gasteiger partial charge in [0.25, 0.3) is 0 Å². The zero-order valence-electron chi connectivity index (χ0n) is 19.0. The average Bonchev–Trinajstić information content (AvgIpc) is 2.77. The molecule has 6 heteroatoms. The molecular weight excluding hydrogens is 419 g/mol. The summed E-state index contributed by atoms with van der Waals surface area (Å²) in [6, 6.07) is 13.4. The van der Waals surface area contributed by atoms with Crippen LogP contribution < -0.4 is 4.74 Å². The van der Waals surface area contributed by atoms with E-state index < -0.39 is 24.2 Å². The van der Waals surface area contributed by atoms with Gasteiger partial charge in [-0.2, -0.15) is 0 Å². The van der Waals surface area contributed by atoms with Crippen molar-refractivity contribution in [2.24, 2.45) is 0 Å². The largest absolute Gasteiger partial charge is 0.494 e. The number of methoxy groups -OCH3 is 1. The number of ether oxygens (including phenoxy) is 3. The van der Waals surface area contributed by atoms with Crippen LogP contribution in [0.4, 0.5) is 4.39 Å². The summed E-state index contributed by atoms with van der Waals surface area (Å²) < 4.78 is 31.1. The fourth-order valence-electron chi connectivity index (χ4n) is 3.76. The lowest BCUT2D eigenvalue weighted by Crippen LogP contribution is -2.48. The molecule has 0 bridgehead atoms. The highest BCUT2D eigenvalue weighted by atomic mass is 35.5. The third-order valence-corrected chi connectivity index (χ3v) is 5.68. The molecule has 1 aliphatic rings. The summed E-state index contributed by atoms with van der Waals surface area (Å²) in [6.07, 6.45) is -1.56. The maximum atomic E-state index is 14.0. The predicted octanol–water partition coefficient (Wildman–Crippen LogP) is 6.05. The van der Waals surface area contributed by atoms with Gasteiger partial charge in [0.1, 0.15) is 11.9 Å². The summed E-state index contributed by atoms with van der Waals surface area (Å²) in [5.41, 5.74) is 2.70. The molecule has 4 nitrogen and oxygen atoms in total. The molecule has 0 amide bonds. The van der Waals surface area contributed by atoms with E-state index in [9.17, 15) is 9.50 Å². The van der Waals surface area contributed by atoms with Gasteiger partial charge < -0.3 is 19.3 Å². The Balaban J connectivity index is 0.00000166. The van der Waals surface area contributed by atoms with Crippen LogP contribution in [0.1, 0.15) is 57.2 Å². The lowest BCUT2D eigenvalue weighted by molar-refractivity contribution is -0.302. The Morgan fingerprint density at radius 2 is 1.90 bits per heavy atom. The second-order valence-electron chi connectivity index (χ2n) is 7.44. The predicted molar refractivity (Wildman–Crippen MR) is 123 cm³/mol. The monoisotopic (exact) mass is 452 g/mol. The van der Waals surface area contributed by atoms with Gasteiger partial charge in [0, 0.05) is 30.5 Å². The molecule has 0 saturated carbocycles. The summed E-state index contributed by atoms with van der Waals surface area (Å²) in [5, 5.41) is 10.9. The molecule has 1 N–H and O–H groups in total. The highest BCUT2D eigenvalue weighted by Gasteiger charge is 2.45. The van der Waals surface area contributed by atoms with Crippen molar-refractivity contribution in [2.75, 3.05) is 13.7 Å². The van der Waals surface area contributed by atoms with Gasteiger partial charge in [-0.15, -0.1) is 0 Å². The summed E-state index contributed by atoms with van der Waals surface area (Å²) in [7, 11) is 1.51. The van der Waals surface area contributed by atoms with Gasteiger partial charge in [-0.25, -0.2) is 4.39 Å². The Bertz CT molecular complexity index is 812. The molecule has 31 heavy (non-hydrogen) atoms. The Morgan fingerprint density at radius 3 is 2.48 bits per heavy atom. The van der Waals surface area contributed by atoms with E-state index in [1.54, 1.807) is 6.07 Å². The number of hydrogen-bond donors (Lipinski definition) is 1. The SMILES string of the molecule is CC.CCOc1ccc(Cc2cc([C@@]3(OC)CC(O)CC(C(C)F)O3)ccc2Cl)cc1. The molecule has 2 aromatic rings. The highest BCUT2D eigenvalue weighted by molar-refractivity contribution is 6.31. The van der Waals surface area contributed by atoms with Crippen molar-refractivity contribution in [3.8, 4) is 5.75 Å². The van der Waals surface area contributed by atoms with Gasteiger partial charge in [0.05, 0.1) is 18.8 Å². The van der Waals surface area contributed by atoms with Crippen molar-refractivity contribution < 1.29 is 23.7 Å². The van der Waals surface area contributed by atoms with E-state index in [0.29, 0.717) is 18.1 Å². The molecule has 2 aromatic carbocycles. The van der Waals surface area contributed by atoms with Crippen molar-refractivity contribution >= 4 is 11.6 Å². The molecule has 0 radical (unpaired) electrons. The van der Waals surface area contributed by atoms with Crippen molar-refractivity contribution in [2.45, 2.75) is 71.1 Å². The van der Waals surface area contributed by atoms with E-state index in [2.05, 4.69) is 0 Å². The number of aliphatic hydroxyl groups excluding tert-OH is 1. The first-order chi connectivity index (χ1) is 14.9. The third-order valence-electron chi connectivity index (χ3n) is 5.31. The highest BCUT2D eigenvalue weighted by Crippen LogP contribution is 2.41. The molecular formula is C25H34ClFO4. The smallest absolute Gasteiger partial charge is 0.197 e. The molecule has 1 heterocycles. The van der Waals surface area contributed by atoms with Crippen molar-refractivity contribution in [1.82, 2.24) is 0 Å². The minimum absolute atomic E-state index is 0.233. The normalized spacial score (nSPS) is 24.1. The van der Waals surface area contributed by atoms with E-state index in [0.717, 1.165) is 22.4 Å². The van der Waals surface area contributed by atoms with Crippen LogP contribution in [0.15, 0.2) is 42.5 Å². The fraction of sp³-hybridized carbons (Fsp3) is 0.520. The molecule has 172 valence electrons. The molecule has 1 aliphatic heterocycles. The second-order valence-corrected chi connectivity index (χ2v) is 7.85. The third kappa shape index (κ3) is 6.42. The molecule has 0 spiro atoms. The van der Waals surface area contributed by atoms with Crippen molar-refractivity contribution in [1.29, 1.82) is 0 Å². The van der Waals surface area contributed by atoms with Crippen LogP contribution in [0.5, 0.6) is 5.75 Å². The van der Waals surface area contributed by atoms with Gasteiger partial charge in [-0.3, -0.25) is 0 Å². The standard InChI is InChI=1S/C23H28ClFO4.C2H6/c1-4-28-20-8-5-16(6-9-20)11-17-12-18(7-10-21(17)24)23(27-3)14-19(26)13-22(29-23)15(2)25;1-2/h5-10,12,15,19,22,26H,4,11,13-14H2,1-3H3;1-2H3/t15?,19?,22?,23-;/m1./s1. The molecule has 0 aromatic heterocycles. The maximum Gasteiger partial charge on any atom is 0.197 e. The number of aliphatic hydroxyl groups is 1. The van der Waals surface area contributed by atoms with E-state index in [1.165, 1.54) is 14.0 Å². The summed E-state index contributed by atoms with van der Waals surface area (Å²) in [5.74, 6) is -0.383. The number of hydrogen-bond acceptors (Lipinski definition) is 4. The lowest BCUT2D eigenvalue weighted by Gasteiger charge is -2.43. The number of alkyl halides is 1. The van der Waals surface area contributed by atoms with Crippen LogP contribution in [0, 0.1) is 0 Å². The van der Waals surface area contributed by atoms with E-state index >= 15 is 0 Å². The molecule has 1 fully saturated rings. The van der Waals surface area contributed by atoms with Crippen LogP contribution in [-0.2, 0) is 21.7 Å². The molecule has 0 aliphatic carbocycles. The van der Waals surface area contributed by atoms with E-state index in [-0.39, 0.29) is 12.8 Å². The van der Waals surface area contributed by atoms with Crippen molar-refractivity contribution in [3.63, 3.8) is 0 Å². The maximum absolute atomic E-state index is 14.0. The molecule has 1 saturated heterocycles. The van der Waals surface area contributed by atoms with Gasteiger partial charge >= 0.3 is 0 Å². The Morgan fingerprint density at radius 1 is 1.23 bits per heavy atom. The van der Waals surface area contributed by atoms with Gasteiger partial charge in [0.15, 0.2) is 5.79 Å². The van der Waals surface area contributed by atoms with E-state index in [1.807, 2.05) is 57.2 Å². The summed E-state index contributed by atoms with van der Waals surface area (Å²) in [4.78, 5) is 0. The Kier molecular flexibility index (Phi) is 9.76. The van der Waals surface area contributed by atoms with Crippen LogP contribution in [0.3, 0.4) is 0 Å². The number of benzene rings is 2. The van der Waals surface area contributed by atoms with E-state index in [4.69, 9.17) is 25.8 Å². The fourth-order valence-corrected chi connectivity index (χ4v) is 3.94. The molecule has 3 rings (SSSR count). The second kappa shape index (κ2) is 11.8. The summed E-state index contributed by atoms with van der Waals surface area (Å²) >= 11 is 6.45. The molecule has 3 unspecified atom stereocenters. The van der Waals surface area contributed by atoms with Gasteiger partial charge in [-0.1, -0.05) is 43.6 Å². The van der Waals surface area contributed by atoms with Crippen molar-refractivity contribution in [3.05, 3.63) is 64.2 Å². The minimum atomic E-state index is -1.21. The van der Waals surface area contributed by atoms with Crippen LogP contribution in [0.25, 0.3) is 0 Å². The zero-order chi connectivity index (χ0) is 23.0. The quantitative estimate of drug-likeness (QED) is 0.555. The Labute approximate surface area is 190 Å². The molecule has 4 atom stereocenters. The van der Waals surface area contributed by atoms with Crippen LogP contribution >= 0.6 is 11.6 Å². The number of rotatable bonds is 7. The Hall–Kier alpha value is -1.66. The summed E-state index contributed by atoms with van der Waals surface area (Å²) in [6.45, 7) is 8.00. The first-order valence-electron chi connectivity index (χ1n) is 10.9. The van der Waals surface area contributed by atoms with Gasteiger partial charge in [0.2, 0.25) is 0 Å². The minimum Gasteiger partial charge on any atom is -0.494 e. The zero-order valence-corrected chi connectivity index (χ0v) is 19.8. The topological polar surface area (TPSA) is 47.9 Å². The number of halogens is 2. The average molecular weight is 453 g/mol. The van der Waals surface area contributed by atoms with Crippen LogP contribution in [-0.4, -0.2) is 37.2 Å². The van der Waals surface area contributed by atoms with Crippen LogP contribution in [0.2, 0.25) is 5.02 Å². The first-order valence-corrected chi connectivity index (χ1v) is 11.3. The first kappa shape index (κ1) is 25.6. The lowest BCUT2D eigenvalue weighted by atomic mass is 9.90.